The Morgan fingerprint density at radius 3 is 2.24 bits per heavy atom. The van der Waals surface area contributed by atoms with E-state index >= 15 is 0 Å². The van der Waals surface area contributed by atoms with Gasteiger partial charge in [-0.05, 0) is 49.7 Å². The summed E-state index contributed by atoms with van der Waals surface area (Å²) < 4.78 is 21.4. The molecule has 3 rings (SSSR count). The van der Waals surface area contributed by atoms with Gasteiger partial charge in [-0.25, -0.2) is 0 Å². The molecule has 1 saturated heterocycles. The molecule has 1 atom stereocenters. The zero-order valence-electron chi connectivity index (χ0n) is 19.5. The number of aliphatic hydroxyl groups is 1. The minimum absolute atomic E-state index is 0.000788. The van der Waals surface area contributed by atoms with E-state index in [2.05, 4.69) is 0 Å². The fourth-order valence-electron chi connectivity index (χ4n) is 3.79. The summed E-state index contributed by atoms with van der Waals surface area (Å²) in [6.45, 7) is 4.29. The Morgan fingerprint density at radius 1 is 1.00 bits per heavy atom. The van der Waals surface area contributed by atoms with Crippen LogP contribution in [0.3, 0.4) is 0 Å². The molecule has 0 aliphatic carbocycles. The van der Waals surface area contributed by atoms with E-state index in [4.69, 9.17) is 18.9 Å². The summed E-state index contributed by atoms with van der Waals surface area (Å²) in [7, 11) is 4.50. The van der Waals surface area contributed by atoms with Gasteiger partial charge in [0.05, 0.1) is 38.5 Å². The maximum Gasteiger partial charge on any atom is 0.295 e. The summed E-state index contributed by atoms with van der Waals surface area (Å²) in [6, 6.07) is 11.2. The normalized spacial score (nSPS) is 17.5. The third kappa shape index (κ3) is 4.96. The van der Waals surface area contributed by atoms with E-state index in [-0.39, 0.29) is 30.6 Å². The number of aliphatic hydroxyl groups excluding tert-OH is 1. The molecule has 8 nitrogen and oxygen atoms in total. The average Bonchev–Trinajstić information content (AvgIpc) is 3.06. The van der Waals surface area contributed by atoms with Crippen molar-refractivity contribution in [3.8, 4) is 17.2 Å². The van der Waals surface area contributed by atoms with Gasteiger partial charge in [0.1, 0.15) is 11.5 Å². The highest BCUT2D eigenvalue weighted by atomic mass is 16.5. The Bertz CT molecular complexity index is 1040. The van der Waals surface area contributed by atoms with E-state index in [0.29, 0.717) is 28.4 Å². The highest BCUT2D eigenvalue weighted by molar-refractivity contribution is 6.46. The van der Waals surface area contributed by atoms with Gasteiger partial charge >= 0.3 is 0 Å². The predicted octanol–water partition coefficient (Wildman–Crippen LogP) is 3.56. The number of methoxy groups -OCH3 is 3. The highest BCUT2D eigenvalue weighted by Gasteiger charge is 2.45. The first kappa shape index (κ1) is 24.1. The predicted molar refractivity (Wildman–Crippen MR) is 123 cm³/mol. The summed E-state index contributed by atoms with van der Waals surface area (Å²) >= 11 is 0. The van der Waals surface area contributed by atoms with Gasteiger partial charge in [0.25, 0.3) is 11.7 Å². The van der Waals surface area contributed by atoms with E-state index in [1.807, 2.05) is 13.8 Å². The summed E-state index contributed by atoms with van der Waals surface area (Å²) in [5.41, 5.74) is 1.01. The lowest BCUT2D eigenvalue weighted by Crippen LogP contribution is -2.32. The molecule has 0 bridgehead atoms. The molecule has 1 amide bonds. The van der Waals surface area contributed by atoms with Crippen LogP contribution < -0.4 is 14.2 Å². The lowest BCUT2D eigenvalue weighted by atomic mass is 9.95. The van der Waals surface area contributed by atoms with Crippen molar-refractivity contribution in [2.45, 2.75) is 26.0 Å². The standard InChI is InChI=1S/C25H29NO7/c1-15(2)33-18-9-6-16(7-10-18)22-21(24(28)25(29)26(22)12-13-30-3)23(27)17-8-11-19(31-4)20(14-17)32-5/h6-11,14-15,22,27H,12-13H2,1-5H3/b23-21-. The molecule has 0 spiro atoms. The van der Waals surface area contributed by atoms with E-state index < -0.39 is 17.7 Å². The third-order valence-electron chi connectivity index (χ3n) is 5.30. The topological polar surface area (TPSA) is 94.5 Å². The van der Waals surface area contributed by atoms with Crippen LogP contribution in [0.4, 0.5) is 0 Å². The average molecular weight is 456 g/mol. The van der Waals surface area contributed by atoms with Crippen molar-refractivity contribution in [3.05, 3.63) is 59.2 Å². The molecule has 0 radical (unpaired) electrons. The Hall–Kier alpha value is -3.52. The van der Waals surface area contributed by atoms with Crippen LogP contribution in [0.15, 0.2) is 48.0 Å². The monoisotopic (exact) mass is 455 g/mol. The van der Waals surface area contributed by atoms with Gasteiger partial charge < -0.3 is 29.0 Å². The second kappa shape index (κ2) is 10.4. The Balaban J connectivity index is 2.12. The fourth-order valence-corrected chi connectivity index (χ4v) is 3.79. The number of carbonyl (C=O) groups is 2. The molecule has 1 N–H and O–H groups in total. The first-order chi connectivity index (χ1) is 15.8. The van der Waals surface area contributed by atoms with Crippen LogP contribution in [-0.2, 0) is 14.3 Å². The summed E-state index contributed by atoms with van der Waals surface area (Å²) in [5.74, 6) is -0.203. The number of benzene rings is 2. The highest BCUT2D eigenvalue weighted by Crippen LogP contribution is 2.40. The largest absolute Gasteiger partial charge is 0.507 e. The number of carbonyl (C=O) groups excluding carboxylic acids is 2. The van der Waals surface area contributed by atoms with Crippen molar-refractivity contribution in [3.63, 3.8) is 0 Å². The summed E-state index contributed by atoms with van der Waals surface area (Å²) in [5, 5.41) is 11.2. The maximum atomic E-state index is 13.0. The van der Waals surface area contributed by atoms with Crippen molar-refractivity contribution in [1.29, 1.82) is 0 Å². The van der Waals surface area contributed by atoms with Gasteiger partial charge in [0.2, 0.25) is 0 Å². The lowest BCUT2D eigenvalue weighted by molar-refractivity contribution is -0.140. The van der Waals surface area contributed by atoms with Crippen LogP contribution in [0, 0.1) is 0 Å². The second-order valence-corrected chi connectivity index (χ2v) is 7.79. The fraction of sp³-hybridized carbons (Fsp3) is 0.360. The van der Waals surface area contributed by atoms with Gasteiger partial charge in [0.15, 0.2) is 11.5 Å². The third-order valence-corrected chi connectivity index (χ3v) is 5.30. The van der Waals surface area contributed by atoms with Gasteiger partial charge in [-0.3, -0.25) is 9.59 Å². The number of amides is 1. The minimum Gasteiger partial charge on any atom is -0.507 e. The molecule has 1 heterocycles. The molecule has 1 unspecified atom stereocenters. The Morgan fingerprint density at radius 2 is 1.67 bits per heavy atom. The van der Waals surface area contributed by atoms with Gasteiger partial charge in [-0.15, -0.1) is 0 Å². The Kier molecular flexibility index (Phi) is 7.60. The zero-order chi connectivity index (χ0) is 24.1. The van der Waals surface area contributed by atoms with E-state index in [9.17, 15) is 14.7 Å². The molecule has 1 aliphatic rings. The molecule has 2 aromatic carbocycles. The van der Waals surface area contributed by atoms with Gasteiger partial charge in [-0.1, -0.05) is 12.1 Å². The molecule has 0 aromatic heterocycles. The van der Waals surface area contributed by atoms with Gasteiger partial charge in [-0.2, -0.15) is 0 Å². The molecule has 2 aromatic rings. The number of Topliss-reactive ketones (excluding diaryl/α,β-unsaturated/α-hetero) is 1. The number of ether oxygens (including phenoxy) is 4. The smallest absolute Gasteiger partial charge is 0.295 e. The van der Waals surface area contributed by atoms with Crippen LogP contribution in [0.2, 0.25) is 0 Å². The van der Waals surface area contributed by atoms with Crippen LogP contribution in [0.1, 0.15) is 31.0 Å². The number of hydrogen-bond acceptors (Lipinski definition) is 7. The quantitative estimate of drug-likeness (QED) is 0.351. The number of hydrogen-bond donors (Lipinski definition) is 1. The minimum atomic E-state index is -0.777. The molecule has 1 aliphatic heterocycles. The second-order valence-electron chi connectivity index (χ2n) is 7.79. The van der Waals surface area contributed by atoms with Crippen LogP contribution in [-0.4, -0.2) is 62.3 Å². The van der Waals surface area contributed by atoms with Crippen LogP contribution in [0.5, 0.6) is 17.2 Å². The first-order valence-corrected chi connectivity index (χ1v) is 10.6. The number of rotatable bonds is 9. The van der Waals surface area contributed by atoms with Crippen molar-refractivity contribution in [2.75, 3.05) is 34.5 Å². The van der Waals surface area contributed by atoms with Crippen molar-refractivity contribution < 1.29 is 33.6 Å². The molecule has 176 valence electrons. The van der Waals surface area contributed by atoms with E-state index in [0.717, 1.165) is 0 Å². The number of likely N-dealkylation sites (tertiary alicyclic amines) is 1. The van der Waals surface area contributed by atoms with E-state index in [1.54, 1.807) is 42.5 Å². The number of ketones is 1. The van der Waals surface area contributed by atoms with Crippen LogP contribution >= 0.6 is 0 Å². The molecular formula is C25H29NO7. The van der Waals surface area contributed by atoms with Crippen LogP contribution in [0.25, 0.3) is 5.76 Å². The first-order valence-electron chi connectivity index (χ1n) is 10.6. The van der Waals surface area contributed by atoms with E-state index in [1.165, 1.54) is 26.2 Å². The van der Waals surface area contributed by atoms with Crippen molar-refractivity contribution >= 4 is 17.4 Å². The molecule has 33 heavy (non-hydrogen) atoms. The SMILES string of the molecule is COCCN1C(=O)C(=O)/C(=C(\O)c2ccc(OC)c(OC)c2)C1c1ccc(OC(C)C)cc1. The van der Waals surface area contributed by atoms with Gasteiger partial charge in [0, 0.05) is 19.2 Å². The Labute approximate surface area is 193 Å². The summed E-state index contributed by atoms with van der Waals surface area (Å²) in [4.78, 5) is 27.3. The molecule has 0 saturated carbocycles. The molecule has 8 heteroatoms. The molecular weight excluding hydrogens is 426 g/mol. The van der Waals surface area contributed by atoms with Crippen molar-refractivity contribution in [2.24, 2.45) is 0 Å². The maximum absolute atomic E-state index is 13.0. The lowest BCUT2D eigenvalue weighted by Gasteiger charge is -2.25. The number of nitrogens with zero attached hydrogens (tertiary/aromatic N) is 1. The zero-order valence-corrected chi connectivity index (χ0v) is 19.5. The van der Waals surface area contributed by atoms with Crippen molar-refractivity contribution in [1.82, 2.24) is 4.90 Å². The summed E-state index contributed by atoms with van der Waals surface area (Å²) in [6.07, 6.45) is 0.00763. The molecule has 1 fully saturated rings.